The van der Waals surface area contributed by atoms with Gasteiger partial charge in [0.25, 0.3) is 5.91 Å². The van der Waals surface area contributed by atoms with Gasteiger partial charge in [-0.05, 0) is 48.1 Å². The van der Waals surface area contributed by atoms with Crippen LogP contribution in [0.5, 0.6) is 0 Å². The van der Waals surface area contributed by atoms with E-state index in [2.05, 4.69) is 56.9 Å². The van der Waals surface area contributed by atoms with Gasteiger partial charge in [0.05, 0.1) is 17.5 Å². The van der Waals surface area contributed by atoms with E-state index in [9.17, 15) is 9.59 Å². The Balaban J connectivity index is 1.59. The number of hydrogen-bond acceptors (Lipinski definition) is 6. The molecule has 0 saturated heterocycles. The van der Waals surface area contributed by atoms with Crippen LogP contribution in [-0.2, 0) is 20.7 Å². The van der Waals surface area contributed by atoms with E-state index in [0.29, 0.717) is 28.5 Å². The Kier molecular flexibility index (Phi) is 6.09. The Morgan fingerprint density at radius 3 is 2.50 bits per heavy atom. The van der Waals surface area contributed by atoms with E-state index in [1.807, 2.05) is 12.1 Å². The van der Waals surface area contributed by atoms with E-state index in [0.717, 1.165) is 36.3 Å². The second-order valence-electron chi connectivity index (χ2n) is 10.8. The van der Waals surface area contributed by atoms with Crippen molar-refractivity contribution in [3.8, 4) is 0 Å². The second kappa shape index (κ2) is 8.91. The zero-order valence-electron chi connectivity index (χ0n) is 20.6. The smallest absolute Gasteiger partial charge is 0.296 e. The highest BCUT2D eigenvalue weighted by molar-refractivity contribution is 7.15. The number of amides is 1. The average molecular weight is 480 g/mol. The highest BCUT2D eigenvalue weighted by atomic mass is 32.1. The van der Waals surface area contributed by atoms with Crippen LogP contribution in [0.15, 0.2) is 35.6 Å². The normalized spacial score (nSPS) is 26.9. The van der Waals surface area contributed by atoms with Crippen LogP contribution in [0.1, 0.15) is 82.0 Å². The zero-order chi connectivity index (χ0) is 24.1. The summed E-state index contributed by atoms with van der Waals surface area (Å²) in [7, 11) is 0. The molecule has 1 aliphatic carbocycles. The van der Waals surface area contributed by atoms with E-state index in [4.69, 9.17) is 4.74 Å². The summed E-state index contributed by atoms with van der Waals surface area (Å²) in [6.07, 6.45) is 3.24. The number of hydrogen-bond donors (Lipinski definition) is 0. The molecule has 0 spiro atoms. The summed E-state index contributed by atoms with van der Waals surface area (Å²) in [5, 5.41) is 10.2. The monoisotopic (exact) mass is 479 g/mol. The first-order valence-corrected chi connectivity index (χ1v) is 13.3. The molecule has 6 nitrogen and oxygen atoms in total. The lowest BCUT2D eigenvalue weighted by molar-refractivity contribution is -0.132. The molecule has 4 atom stereocenters. The molecule has 5 rings (SSSR count). The summed E-state index contributed by atoms with van der Waals surface area (Å²) in [5.74, 6) is 1.16. The summed E-state index contributed by atoms with van der Waals surface area (Å²) >= 11 is 1.43. The maximum Gasteiger partial charge on any atom is 0.296 e. The van der Waals surface area contributed by atoms with Crippen LogP contribution in [0, 0.1) is 17.8 Å². The molecular weight excluding hydrogens is 446 g/mol. The fourth-order valence-corrected chi connectivity index (χ4v) is 6.50. The maximum absolute atomic E-state index is 13.9. The first kappa shape index (κ1) is 23.2. The minimum absolute atomic E-state index is 0.0681. The largest absolute Gasteiger partial charge is 0.483 e. The molecule has 3 aliphatic rings. The number of ketones is 1. The zero-order valence-corrected chi connectivity index (χ0v) is 21.4. The van der Waals surface area contributed by atoms with E-state index in [-0.39, 0.29) is 29.5 Å². The Hall–Kier alpha value is -2.54. The summed E-state index contributed by atoms with van der Waals surface area (Å²) in [5.41, 5.74) is 2.62. The molecule has 1 fully saturated rings. The van der Waals surface area contributed by atoms with E-state index < -0.39 is 6.04 Å². The van der Waals surface area contributed by atoms with Crippen molar-refractivity contribution in [2.24, 2.45) is 17.8 Å². The first-order chi connectivity index (χ1) is 16.2. The lowest BCUT2D eigenvalue weighted by atomic mass is 9.74. The Morgan fingerprint density at radius 2 is 1.82 bits per heavy atom. The number of benzene rings is 1. The van der Waals surface area contributed by atoms with E-state index in [1.165, 1.54) is 16.9 Å². The van der Waals surface area contributed by atoms with Gasteiger partial charge < -0.3 is 4.74 Å². The molecule has 2 aromatic rings. The number of fused-ring (bicyclic) bond motifs is 1. The number of rotatable bonds is 5. The summed E-state index contributed by atoms with van der Waals surface area (Å²) in [4.78, 5) is 29.3. The molecule has 0 N–H and O–H groups in total. The molecule has 1 aromatic heterocycles. The number of nitrogens with zero attached hydrogens (tertiary/aromatic N) is 3. The summed E-state index contributed by atoms with van der Waals surface area (Å²) < 4.78 is 6.31. The summed E-state index contributed by atoms with van der Waals surface area (Å²) in [6, 6.07) is 7.72. The van der Waals surface area contributed by atoms with Crippen molar-refractivity contribution in [3.05, 3.63) is 51.7 Å². The number of anilines is 1. The maximum atomic E-state index is 13.9. The lowest BCUT2D eigenvalue weighted by Gasteiger charge is -2.37. The first-order valence-electron chi connectivity index (χ1n) is 12.4. The fourth-order valence-electron chi connectivity index (χ4n) is 5.43. The van der Waals surface area contributed by atoms with Gasteiger partial charge in [-0.1, -0.05) is 70.2 Å². The Morgan fingerprint density at radius 1 is 1.09 bits per heavy atom. The SMILES string of the molecule is CC(C)Cc1nnc(N2C(=O)C3=C(C(=O)C4CC(C)CCC4O3)C2c2ccc(C(C)C)cc2)s1. The molecule has 1 aromatic carbocycles. The van der Waals surface area contributed by atoms with Crippen LogP contribution in [0.25, 0.3) is 0 Å². The average Bonchev–Trinajstić information content (AvgIpc) is 3.36. The van der Waals surface area contributed by atoms with Gasteiger partial charge in [0.2, 0.25) is 5.13 Å². The standard InChI is InChI=1S/C27H33N3O3S/c1-14(2)12-21-28-29-27(34-21)30-23(18-9-7-17(8-10-18)15(3)4)22-24(31)19-13-16(5)6-11-20(19)33-25(22)26(30)32/h7-10,14-16,19-20,23H,6,11-13H2,1-5H3. The molecular formula is C27H33N3O3S. The predicted octanol–water partition coefficient (Wildman–Crippen LogP) is 5.61. The second-order valence-corrected chi connectivity index (χ2v) is 11.8. The van der Waals surface area contributed by atoms with Gasteiger partial charge in [0.1, 0.15) is 11.1 Å². The Bertz CT molecular complexity index is 1130. The molecule has 3 heterocycles. The summed E-state index contributed by atoms with van der Waals surface area (Å²) in [6.45, 7) is 10.8. The number of carbonyl (C=O) groups is 2. The van der Waals surface area contributed by atoms with Crippen molar-refractivity contribution in [2.45, 2.75) is 78.4 Å². The van der Waals surface area contributed by atoms with Gasteiger partial charge in [-0.15, -0.1) is 10.2 Å². The van der Waals surface area contributed by atoms with Crippen LogP contribution >= 0.6 is 11.3 Å². The molecule has 34 heavy (non-hydrogen) atoms. The third kappa shape index (κ3) is 3.98. The number of aromatic nitrogens is 2. The molecule has 7 heteroatoms. The van der Waals surface area contributed by atoms with Crippen LogP contribution in [0.4, 0.5) is 5.13 Å². The molecule has 1 amide bonds. The van der Waals surface area contributed by atoms with Crippen LogP contribution in [0.2, 0.25) is 0 Å². The molecule has 180 valence electrons. The number of ether oxygens (including phenoxy) is 1. The quantitative estimate of drug-likeness (QED) is 0.558. The number of carbonyl (C=O) groups excluding carboxylic acids is 2. The molecule has 4 unspecified atom stereocenters. The molecule has 0 radical (unpaired) electrons. The van der Waals surface area contributed by atoms with Gasteiger partial charge in [-0.2, -0.15) is 0 Å². The highest BCUT2D eigenvalue weighted by Gasteiger charge is 2.53. The third-order valence-electron chi connectivity index (χ3n) is 7.27. The third-order valence-corrected chi connectivity index (χ3v) is 8.22. The van der Waals surface area contributed by atoms with Crippen molar-refractivity contribution in [1.29, 1.82) is 0 Å². The van der Waals surface area contributed by atoms with Crippen LogP contribution in [0.3, 0.4) is 0 Å². The van der Waals surface area contributed by atoms with Gasteiger partial charge in [-0.25, -0.2) is 0 Å². The van der Waals surface area contributed by atoms with Gasteiger partial charge in [0, 0.05) is 6.42 Å². The van der Waals surface area contributed by atoms with Gasteiger partial charge in [-0.3, -0.25) is 14.5 Å². The van der Waals surface area contributed by atoms with E-state index in [1.54, 1.807) is 4.90 Å². The molecule has 2 aliphatic heterocycles. The van der Waals surface area contributed by atoms with Gasteiger partial charge in [0.15, 0.2) is 11.5 Å². The predicted molar refractivity (Wildman–Crippen MR) is 133 cm³/mol. The van der Waals surface area contributed by atoms with E-state index >= 15 is 0 Å². The molecule has 0 bridgehead atoms. The van der Waals surface area contributed by atoms with Gasteiger partial charge >= 0.3 is 0 Å². The van der Waals surface area contributed by atoms with Crippen LogP contribution in [-0.4, -0.2) is 28.0 Å². The lowest BCUT2D eigenvalue weighted by Crippen LogP contribution is -2.41. The fraction of sp³-hybridized carbons (Fsp3) is 0.556. The van der Waals surface area contributed by atoms with Crippen molar-refractivity contribution < 1.29 is 14.3 Å². The molecule has 1 saturated carbocycles. The van der Waals surface area contributed by atoms with Crippen LogP contribution < -0.4 is 4.90 Å². The van der Waals surface area contributed by atoms with Crippen molar-refractivity contribution >= 4 is 28.2 Å². The topological polar surface area (TPSA) is 72.4 Å². The number of Topliss-reactive ketones (excluding diaryl/α,β-unsaturated/α-hetero) is 1. The highest BCUT2D eigenvalue weighted by Crippen LogP contribution is 2.49. The minimum atomic E-state index is -0.533. The van der Waals surface area contributed by atoms with Crippen molar-refractivity contribution in [1.82, 2.24) is 10.2 Å². The Labute approximate surface area is 205 Å². The van der Waals surface area contributed by atoms with Crippen molar-refractivity contribution in [3.63, 3.8) is 0 Å². The minimum Gasteiger partial charge on any atom is -0.483 e. The van der Waals surface area contributed by atoms with Crippen molar-refractivity contribution in [2.75, 3.05) is 4.90 Å².